The Morgan fingerprint density at radius 2 is 1.44 bits per heavy atom. The second kappa shape index (κ2) is 16.3. The zero-order valence-corrected chi connectivity index (χ0v) is 21.7. The van der Waals surface area contributed by atoms with Crippen molar-refractivity contribution in [2.75, 3.05) is 25.1 Å². The smallest absolute Gasteiger partial charge is 0.339 e. The molecule has 0 amide bonds. The van der Waals surface area contributed by atoms with Gasteiger partial charge in [-0.25, -0.2) is 4.79 Å². The average molecular weight is 472 g/mol. The summed E-state index contributed by atoms with van der Waals surface area (Å²) in [5.74, 6) is -0.324. The number of hydrogen-bond donors (Lipinski definition) is 0. The van der Waals surface area contributed by atoms with Gasteiger partial charge < -0.3 is 14.1 Å². The first-order valence-electron chi connectivity index (χ1n) is 13.5. The maximum Gasteiger partial charge on any atom is 0.339 e. The van der Waals surface area contributed by atoms with Crippen LogP contribution in [0, 0.1) is 0 Å². The van der Waals surface area contributed by atoms with Gasteiger partial charge in [-0.2, -0.15) is 0 Å². The topological polar surface area (TPSA) is 59.8 Å². The van der Waals surface area contributed by atoms with Crippen LogP contribution in [0.3, 0.4) is 0 Å². The normalized spacial score (nSPS) is 11.1. The fourth-order valence-electron chi connectivity index (χ4n) is 4.39. The lowest BCUT2D eigenvalue weighted by Gasteiger charge is -2.25. The second-order valence-electron chi connectivity index (χ2n) is 9.38. The molecule has 190 valence electrons. The molecule has 5 nitrogen and oxygen atoms in total. The van der Waals surface area contributed by atoms with Crippen molar-refractivity contribution < 1.29 is 13.9 Å². The number of nitrogens with zero attached hydrogens (tertiary/aromatic N) is 1. The van der Waals surface area contributed by atoms with Crippen LogP contribution >= 0.6 is 0 Å². The van der Waals surface area contributed by atoms with Crippen LogP contribution in [0.15, 0.2) is 33.5 Å². The van der Waals surface area contributed by atoms with Crippen molar-refractivity contribution in [3.05, 3.63) is 40.2 Å². The summed E-state index contributed by atoms with van der Waals surface area (Å²) in [5.41, 5.74) is 1.88. The van der Waals surface area contributed by atoms with Crippen LogP contribution in [0.25, 0.3) is 11.0 Å². The molecule has 0 aliphatic rings. The van der Waals surface area contributed by atoms with Crippen molar-refractivity contribution in [3.63, 3.8) is 0 Å². The zero-order valence-electron chi connectivity index (χ0n) is 21.7. The lowest BCUT2D eigenvalue weighted by atomic mass is 10.1. The minimum Gasteiger partial charge on any atom is -0.469 e. The minimum absolute atomic E-state index is 0.176. The Morgan fingerprint density at radius 3 is 2.03 bits per heavy atom. The van der Waals surface area contributed by atoms with Gasteiger partial charge in [-0.3, -0.25) is 4.79 Å². The van der Waals surface area contributed by atoms with E-state index in [1.165, 1.54) is 84.2 Å². The molecule has 1 aromatic heterocycles. The molecule has 5 heteroatoms. The number of anilines is 1. The van der Waals surface area contributed by atoms with Gasteiger partial charge in [-0.1, -0.05) is 78.1 Å². The van der Waals surface area contributed by atoms with E-state index in [1.54, 1.807) is 0 Å². The van der Waals surface area contributed by atoms with Gasteiger partial charge in [0, 0.05) is 42.2 Å². The molecule has 1 aromatic carbocycles. The number of rotatable bonds is 18. The standard InChI is InChI=1S/C29H45NO4/c1-4-6-8-10-12-14-20-30(21-15-13-11-9-7-5-2)26-18-16-24-22-25(17-19-28(31)33-3)29(32)34-27(24)23-26/h16,18,22-23H,4-15,17,19-21H2,1-3H3. The highest BCUT2D eigenvalue weighted by Crippen LogP contribution is 2.24. The molecule has 0 aliphatic carbocycles. The fourth-order valence-corrected chi connectivity index (χ4v) is 4.39. The third-order valence-corrected chi connectivity index (χ3v) is 6.55. The number of unbranched alkanes of at least 4 members (excludes halogenated alkanes) is 10. The largest absolute Gasteiger partial charge is 0.469 e. The number of carbonyl (C=O) groups is 1. The highest BCUT2D eigenvalue weighted by molar-refractivity contribution is 5.81. The summed E-state index contributed by atoms with van der Waals surface area (Å²) in [5, 5.41) is 0.891. The summed E-state index contributed by atoms with van der Waals surface area (Å²) in [4.78, 5) is 26.4. The summed E-state index contributed by atoms with van der Waals surface area (Å²) in [7, 11) is 1.36. The van der Waals surface area contributed by atoms with E-state index in [2.05, 4.69) is 29.6 Å². The number of benzene rings is 1. The van der Waals surface area contributed by atoms with Crippen LogP contribution < -0.4 is 10.5 Å². The number of carbonyl (C=O) groups excluding carboxylic acids is 1. The van der Waals surface area contributed by atoms with E-state index < -0.39 is 0 Å². The number of ether oxygens (including phenoxy) is 1. The van der Waals surface area contributed by atoms with E-state index in [-0.39, 0.29) is 18.0 Å². The maximum atomic E-state index is 12.5. The summed E-state index contributed by atoms with van der Waals surface area (Å²) in [6.07, 6.45) is 15.9. The molecule has 0 radical (unpaired) electrons. The van der Waals surface area contributed by atoms with Crippen LogP contribution in [-0.2, 0) is 16.0 Å². The Bertz CT molecular complexity index is 889. The molecule has 0 atom stereocenters. The first kappa shape index (κ1) is 27.9. The Hall–Kier alpha value is -2.30. The quantitative estimate of drug-likeness (QED) is 0.129. The lowest BCUT2D eigenvalue weighted by molar-refractivity contribution is -0.140. The summed E-state index contributed by atoms with van der Waals surface area (Å²) >= 11 is 0. The van der Waals surface area contributed by atoms with Gasteiger partial charge in [0.15, 0.2) is 0 Å². The molecular formula is C29H45NO4. The monoisotopic (exact) mass is 471 g/mol. The Kier molecular flexibility index (Phi) is 13.4. The zero-order chi connectivity index (χ0) is 24.6. The SMILES string of the molecule is CCCCCCCCN(CCCCCCCC)c1ccc2cc(CCC(=O)OC)c(=O)oc2c1. The first-order chi connectivity index (χ1) is 16.6. The molecule has 2 rings (SSSR count). The van der Waals surface area contributed by atoms with Gasteiger partial charge in [0.2, 0.25) is 0 Å². The van der Waals surface area contributed by atoms with Crippen LogP contribution in [0.2, 0.25) is 0 Å². The van der Waals surface area contributed by atoms with Crippen molar-refractivity contribution in [3.8, 4) is 0 Å². The number of hydrogen-bond acceptors (Lipinski definition) is 5. The Morgan fingerprint density at radius 1 is 0.853 bits per heavy atom. The maximum absolute atomic E-state index is 12.5. The predicted octanol–water partition coefficient (Wildman–Crippen LogP) is 7.43. The van der Waals surface area contributed by atoms with Gasteiger partial charge in [0.25, 0.3) is 0 Å². The molecule has 0 saturated heterocycles. The molecule has 2 aromatic rings. The number of methoxy groups -OCH3 is 1. The van der Waals surface area contributed by atoms with E-state index in [1.807, 2.05) is 18.2 Å². The van der Waals surface area contributed by atoms with Gasteiger partial charge in [-0.05, 0) is 37.5 Å². The first-order valence-corrected chi connectivity index (χ1v) is 13.5. The molecule has 0 fully saturated rings. The molecule has 0 aliphatic heterocycles. The Labute approximate surface area is 205 Å². The highest BCUT2D eigenvalue weighted by atomic mass is 16.5. The molecule has 1 heterocycles. The van der Waals surface area contributed by atoms with Crippen molar-refractivity contribution in [1.29, 1.82) is 0 Å². The number of aryl methyl sites for hydroxylation is 1. The fraction of sp³-hybridized carbons (Fsp3) is 0.655. The lowest BCUT2D eigenvalue weighted by Crippen LogP contribution is -2.25. The van der Waals surface area contributed by atoms with Crippen LogP contribution in [0.4, 0.5) is 5.69 Å². The van der Waals surface area contributed by atoms with Gasteiger partial charge >= 0.3 is 11.6 Å². The predicted molar refractivity (Wildman–Crippen MR) is 142 cm³/mol. The van der Waals surface area contributed by atoms with E-state index in [0.29, 0.717) is 17.6 Å². The second-order valence-corrected chi connectivity index (χ2v) is 9.38. The van der Waals surface area contributed by atoms with Gasteiger partial charge in [-0.15, -0.1) is 0 Å². The molecule has 34 heavy (non-hydrogen) atoms. The van der Waals surface area contributed by atoms with Crippen LogP contribution in [0.5, 0.6) is 0 Å². The number of fused-ring (bicyclic) bond motifs is 1. The molecule has 0 bridgehead atoms. The Balaban J connectivity index is 2.07. The molecule has 0 unspecified atom stereocenters. The van der Waals surface area contributed by atoms with Gasteiger partial charge in [0.1, 0.15) is 5.58 Å². The van der Waals surface area contributed by atoms with Gasteiger partial charge in [0.05, 0.1) is 7.11 Å². The van der Waals surface area contributed by atoms with Crippen molar-refractivity contribution in [2.45, 2.75) is 104 Å². The van der Waals surface area contributed by atoms with Crippen molar-refractivity contribution >= 4 is 22.6 Å². The van der Waals surface area contributed by atoms with E-state index >= 15 is 0 Å². The summed E-state index contributed by atoms with van der Waals surface area (Å²) in [6, 6.07) is 8.03. The van der Waals surface area contributed by atoms with Crippen molar-refractivity contribution in [1.82, 2.24) is 0 Å². The summed E-state index contributed by atoms with van der Waals surface area (Å²) < 4.78 is 10.3. The molecular weight excluding hydrogens is 426 g/mol. The number of esters is 1. The average Bonchev–Trinajstić information content (AvgIpc) is 2.85. The van der Waals surface area contributed by atoms with E-state index in [9.17, 15) is 9.59 Å². The third-order valence-electron chi connectivity index (χ3n) is 6.55. The minimum atomic E-state index is -0.369. The highest BCUT2D eigenvalue weighted by Gasteiger charge is 2.12. The van der Waals surface area contributed by atoms with Crippen LogP contribution in [0.1, 0.15) is 103 Å². The third kappa shape index (κ3) is 9.90. The summed E-state index contributed by atoms with van der Waals surface area (Å²) in [6.45, 7) is 6.58. The molecule has 0 N–H and O–H groups in total. The van der Waals surface area contributed by atoms with Crippen molar-refractivity contribution in [2.24, 2.45) is 0 Å². The van der Waals surface area contributed by atoms with E-state index in [0.717, 1.165) is 24.2 Å². The molecule has 0 saturated carbocycles. The molecule has 0 spiro atoms. The van der Waals surface area contributed by atoms with E-state index in [4.69, 9.17) is 4.42 Å². The van der Waals surface area contributed by atoms with Crippen LogP contribution in [-0.4, -0.2) is 26.2 Å².